The van der Waals surface area contributed by atoms with E-state index in [0.717, 1.165) is 11.8 Å². The molecule has 0 radical (unpaired) electrons. The standard InChI is InChI=1S/C14H22.H2O/c1-11(2)9-13-7-5-6-8-14(13)10-12(3)4;/h5-8,11-12H,9-10H2,1-4H3;1H2. The number of rotatable bonds is 4. The quantitative estimate of drug-likeness (QED) is 0.727. The molecule has 0 aliphatic heterocycles. The minimum Gasteiger partial charge on any atom is -0.412 e. The lowest BCUT2D eigenvalue weighted by Crippen LogP contribution is -2.02. The van der Waals surface area contributed by atoms with E-state index >= 15 is 0 Å². The zero-order valence-corrected chi connectivity index (χ0v) is 10.4. The Morgan fingerprint density at radius 3 is 1.40 bits per heavy atom. The van der Waals surface area contributed by atoms with Gasteiger partial charge in [0.15, 0.2) is 0 Å². The lowest BCUT2D eigenvalue weighted by atomic mass is 9.93. The summed E-state index contributed by atoms with van der Waals surface area (Å²) in [4.78, 5) is 0. The molecule has 0 fully saturated rings. The first-order valence-electron chi connectivity index (χ1n) is 5.66. The van der Waals surface area contributed by atoms with Crippen molar-refractivity contribution >= 4 is 0 Å². The molecule has 0 atom stereocenters. The average molecular weight is 208 g/mol. The Hall–Kier alpha value is -0.820. The molecule has 1 aromatic rings. The van der Waals surface area contributed by atoms with E-state index in [1.807, 2.05) is 0 Å². The SMILES string of the molecule is CC(C)Cc1ccccc1CC(C)C.O. The highest BCUT2D eigenvalue weighted by Gasteiger charge is 2.05. The molecule has 0 bridgehead atoms. The van der Waals surface area contributed by atoms with E-state index in [2.05, 4.69) is 52.0 Å². The topological polar surface area (TPSA) is 31.5 Å². The molecule has 0 spiro atoms. The van der Waals surface area contributed by atoms with Gasteiger partial charge in [-0.1, -0.05) is 52.0 Å². The Kier molecular flexibility index (Phi) is 6.26. The van der Waals surface area contributed by atoms with Crippen LogP contribution in [-0.2, 0) is 12.8 Å². The minimum atomic E-state index is 0. The highest BCUT2D eigenvalue weighted by molar-refractivity contribution is 5.27. The first-order valence-corrected chi connectivity index (χ1v) is 5.66. The van der Waals surface area contributed by atoms with Crippen LogP contribution in [-0.4, -0.2) is 5.48 Å². The molecule has 0 amide bonds. The maximum Gasteiger partial charge on any atom is -0.0253 e. The zero-order valence-electron chi connectivity index (χ0n) is 10.4. The van der Waals surface area contributed by atoms with E-state index in [4.69, 9.17) is 0 Å². The summed E-state index contributed by atoms with van der Waals surface area (Å²) < 4.78 is 0. The summed E-state index contributed by atoms with van der Waals surface area (Å²) in [7, 11) is 0. The summed E-state index contributed by atoms with van der Waals surface area (Å²) in [5.74, 6) is 1.51. The van der Waals surface area contributed by atoms with Crippen LogP contribution in [0.15, 0.2) is 24.3 Å². The van der Waals surface area contributed by atoms with Crippen LogP contribution >= 0.6 is 0 Å². The highest BCUT2D eigenvalue weighted by Crippen LogP contribution is 2.17. The molecular weight excluding hydrogens is 184 g/mol. The largest absolute Gasteiger partial charge is 0.412 e. The fourth-order valence-corrected chi connectivity index (χ4v) is 1.84. The second kappa shape index (κ2) is 6.62. The van der Waals surface area contributed by atoms with Crippen molar-refractivity contribution in [2.75, 3.05) is 0 Å². The Balaban J connectivity index is 0.00000196. The summed E-state index contributed by atoms with van der Waals surface area (Å²) in [5, 5.41) is 0. The molecular formula is C14H24O. The fraction of sp³-hybridized carbons (Fsp3) is 0.571. The minimum absolute atomic E-state index is 0. The number of benzene rings is 1. The second-order valence-corrected chi connectivity index (χ2v) is 4.96. The maximum atomic E-state index is 2.28. The van der Waals surface area contributed by atoms with Gasteiger partial charge in [-0.25, -0.2) is 0 Å². The third-order valence-corrected chi connectivity index (χ3v) is 2.37. The third kappa shape index (κ3) is 4.98. The van der Waals surface area contributed by atoms with Crippen LogP contribution in [0, 0.1) is 11.8 Å². The van der Waals surface area contributed by atoms with Crippen molar-refractivity contribution in [3.8, 4) is 0 Å². The number of hydrogen-bond acceptors (Lipinski definition) is 0. The highest BCUT2D eigenvalue weighted by atomic mass is 16.0. The third-order valence-electron chi connectivity index (χ3n) is 2.37. The van der Waals surface area contributed by atoms with Gasteiger partial charge in [-0.3, -0.25) is 0 Å². The molecule has 0 aliphatic carbocycles. The van der Waals surface area contributed by atoms with Gasteiger partial charge in [0.2, 0.25) is 0 Å². The summed E-state index contributed by atoms with van der Waals surface area (Å²) in [6.07, 6.45) is 2.42. The second-order valence-electron chi connectivity index (χ2n) is 4.96. The predicted molar refractivity (Wildman–Crippen MR) is 67.1 cm³/mol. The molecule has 15 heavy (non-hydrogen) atoms. The van der Waals surface area contributed by atoms with Gasteiger partial charge in [0.05, 0.1) is 0 Å². The van der Waals surface area contributed by atoms with E-state index in [1.165, 1.54) is 24.0 Å². The molecule has 86 valence electrons. The van der Waals surface area contributed by atoms with Crippen LogP contribution < -0.4 is 0 Å². The summed E-state index contributed by atoms with van der Waals surface area (Å²) >= 11 is 0. The van der Waals surface area contributed by atoms with Gasteiger partial charge in [0, 0.05) is 0 Å². The van der Waals surface area contributed by atoms with Gasteiger partial charge in [0.25, 0.3) is 0 Å². The molecule has 0 heterocycles. The van der Waals surface area contributed by atoms with Gasteiger partial charge in [-0.05, 0) is 35.8 Å². The molecule has 0 saturated heterocycles. The molecule has 0 saturated carbocycles. The molecule has 1 aromatic carbocycles. The molecule has 1 rings (SSSR count). The van der Waals surface area contributed by atoms with Gasteiger partial charge in [-0.15, -0.1) is 0 Å². The van der Waals surface area contributed by atoms with Crippen LogP contribution in [0.25, 0.3) is 0 Å². The van der Waals surface area contributed by atoms with E-state index in [-0.39, 0.29) is 5.48 Å². The summed E-state index contributed by atoms with van der Waals surface area (Å²) in [6.45, 7) is 9.14. The van der Waals surface area contributed by atoms with Crippen molar-refractivity contribution < 1.29 is 5.48 Å². The van der Waals surface area contributed by atoms with Gasteiger partial charge >= 0.3 is 0 Å². The first kappa shape index (κ1) is 14.2. The molecule has 1 nitrogen and oxygen atoms in total. The molecule has 2 N–H and O–H groups in total. The lowest BCUT2D eigenvalue weighted by molar-refractivity contribution is 0.616. The van der Waals surface area contributed by atoms with Crippen LogP contribution in [0.2, 0.25) is 0 Å². The van der Waals surface area contributed by atoms with E-state index < -0.39 is 0 Å². The van der Waals surface area contributed by atoms with Crippen molar-refractivity contribution in [3.05, 3.63) is 35.4 Å². The lowest BCUT2D eigenvalue weighted by Gasteiger charge is -2.13. The van der Waals surface area contributed by atoms with Crippen LogP contribution in [0.4, 0.5) is 0 Å². The molecule has 1 heteroatoms. The van der Waals surface area contributed by atoms with Crippen molar-refractivity contribution in [2.24, 2.45) is 11.8 Å². The van der Waals surface area contributed by atoms with Crippen LogP contribution in [0.3, 0.4) is 0 Å². The summed E-state index contributed by atoms with van der Waals surface area (Å²) in [5.41, 5.74) is 3.08. The van der Waals surface area contributed by atoms with E-state index in [1.54, 1.807) is 0 Å². The molecule has 0 aliphatic rings. The molecule has 0 unspecified atom stereocenters. The van der Waals surface area contributed by atoms with E-state index in [0.29, 0.717) is 0 Å². The average Bonchev–Trinajstić information content (AvgIpc) is 2.06. The Bertz CT molecular complexity index is 247. The van der Waals surface area contributed by atoms with Crippen molar-refractivity contribution in [3.63, 3.8) is 0 Å². The van der Waals surface area contributed by atoms with Crippen molar-refractivity contribution in [1.82, 2.24) is 0 Å². The number of hydrogen-bond donors (Lipinski definition) is 0. The Morgan fingerprint density at radius 2 is 1.13 bits per heavy atom. The van der Waals surface area contributed by atoms with Gasteiger partial charge < -0.3 is 5.48 Å². The Morgan fingerprint density at radius 1 is 0.800 bits per heavy atom. The van der Waals surface area contributed by atoms with Gasteiger partial charge in [-0.2, -0.15) is 0 Å². The Labute approximate surface area is 93.8 Å². The van der Waals surface area contributed by atoms with Crippen molar-refractivity contribution in [1.29, 1.82) is 0 Å². The molecule has 0 aromatic heterocycles. The van der Waals surface area contributed by atoms with Crippen LogP contribution in [0.5, 0.6) is 0 Å². The maximum absolute atomic E-state index is 2.28. The smallest absolute Gasteiger partial charge is 0.0253 e. The van der Waals surface area contributed by atoms with Crippen molar-refractivity contribution in [2.45, 2.75) is 40.5 Å². The normalized spacial score (nSPS) is 10.5. The predicted octanol–water partition coefficient (Wildman–Crippen LogP) is 3.26. The van der Waals surface area contributed by atoms with Gasteiger partial charge in [0.1, 0.15) is 0 Å². The zero-order chi connectivity index (χ0) is 10.6. The monoisotopic (exact) mass is 208 g/mol. The van der Waals surface area contributed by atoms with E-state index in [9.17, 15) is 0 Å². The van der Waals surface area contributed by atoms with Crippen LogP contribution in [0.1, 0.15) is 38.8 Å². The summed E-state index contributed by atoms with van der Waals surface area (Å²) in [6, 6.07) is 8.86. The first-order chi connectivity index (χ1) is 6.59. The fourth-order valence-electron chi connectivity index (χ4n) is 1.84.